The van der Waals surface area contributed by atoms with Crippen LogP contribution in [0.2, 0.25) is 0 Å². The van der Waals surface area contributed by atoms with Gasteiger partial charge in [-0.1, -0.05) is 6.42 Å². The molecule has 1 aromatic heterocycles. The van der Waals surface area contributed by atoms with Gasteiger partial charge in [-0.3, -0.25) is 25.9 Å². The van der Waals surface area contributed by atoms with E-state index in [4.69, 9.17) is 5.73 Å². The van der Waals surface area contributed by atoms with E-state index in [-0.39, 0.29) is 30.1 Å². The second-order valence-electron chi connectivity index (χ2n) is 8.73. The number of carbonyl (C=O) groups excluding carboxylic acids is 1. The molecule has 146 valence electrons. The lowest BCUT2D eigenvalue weighted by Crippen LogP contribution is -2.65. The molecule has 2 saturated carbocycles. The lowest BCUT2D eigenvalue weighted by Gasteiger charge is -2.50. The zero-order chi connectivity index (χ0) is 18.4. The first-order chi connectivity index (χ1) is 13.2. The Morgan fingerprint density at radius 2 is 1.85 bits per heavy atom. The summed E-state index contributed by atoms with van der Waals surface area (Å²) in [5, 5.41) is 6.79. The number of hydrazine groups is 1. The van der Waals surface area contributed by atoms with Crippen LogP contribution in [0.5, 0.6) is 0 Å². The van der Waals surface area contributed by atoms with E-state index >= 15 is 0 Å². The highest BCUT2D eigenvalue weighted by atomic mass is 16.2. The maximum absolute atomic E-state index is 13.0. The fraction of sp³-hybridized carbons (Fsp3) is 0.700. The van der Waals surface area contributed by atoms with Crippen LogP contribution >= 0.6 is 0 Å². The smallest absolute Gasteiger partial charge is 0.227 e. The number of amides is 1. The van der Waals surface area contributed by atoms with Crippen molar-refractivity contribution in [2.45, 2.75) is 56.4 Å². The average molecular weight is 371 g/mol. The van der Waals surface area contributed by atoms with Gasteiger partial charge in [0.05, 0.1) is 5.92 Å². The lowest BCUT2D eigenvalue weighted by molar-refractivity contribution is -0.133. The number of hydrogen-bond acceptors (Lipinski definition) is 6. The van der Waals surface area contributed by atoms with Gasteiger partial charge >= 0.3 is 0 Å². The molecule has 4 aliphatic rings. The summed E-state index contributed by atoms with van der Waals surface area (Å²) >= 11 is 0. The Labute approximate surface area is 160 Å². The van der Waals surface area contributed by atoms with Gasteiger partial charge < -0.3 is 11.1 Å². The van der Waals surface area contributed by atoms with Crippen LogP contribution in [0.3, 0.4) is 0 Å². The molecule has 7 nitrogen and oxygen atoms in total. The van der Waals surface area contributed by atoms with Crippen molar-refractivity contribution in [1.29, 1.82) is 0 Å². The maximum atomic E-state index is 13.0. The highest BCUT2D eigenvalue weighted by Gasteiger charge is 2.50. The number of fused-ring (bicyclic) bond motifs is 2. The molecule has 2 aliphatic heterocycles. The van der Waals surface area contributed by atoms with Gasteiger partial charge in [0.25, 0.3) is 0 Å². The van der Waals surface area contributed by atoms with E-state index in [2.05, 4.69) is 26.5 Å². The Morgan fingerprint density at radius 3 is 2.70 bits per heavy atom. The zero-order valence-corrected chi connectivity index (χ0v) is 15.6. The molecule has 0 bridgehead atoms. The Balaban J connectivity index is 1.32. The molecular weight excluding hydrogens is 340 g/mol. The summed E-state index contributed by atoms with van der Waals surface area (Å²) in [6, 6.07) is 4.56. The van der Waals surface area contributed by atoms with E-state index in [1.807, 2.05) is 12.1 Å². The van der Waals surface area contributed by atoms with Crippen molar-refractivity contribution in [3.63, 3.8) is 0 Å². The predicted octanol–water partition coefficient (Wildman–Crippen LogP) is 0.414. The molecular formula is C20H30N6O. The minimum absolute atomic E-state index is 0.0704. The fourth-order valence-corrected chi connectivity index (χ4v) is 6.16. The number of nitrogens with zero attached hydrogens (tertiary/aromatic N) is 1. The molecule has 2 aliphatic carbocycles. The van der Waals surface area contributed by atoms with Gasteiger partial charge in [0, 0.05) is 37.1 Å². The molecule has 0 aromatic carbocycles. The number of rotatable bonds is 2. The van der Waals surface area contributed by atoms with E-state index in [0.29, 0.717) is 23.8 Å². The van der Waals surface area contributed by atoms with Crippen LogP contribution in [0.25, 0.3) is 0 Å². The third-order valence-corrected chi connectivity index (χ3v) is 7.46. The van der Waals surface area contributed by atoms with Crippen molar-refractivity contribution in [3.05, 3.63) is 30.1 Å². The first-order valence-corrected chi connectivity index (χ1v) is 10.4. The second kappa shape index (κ2) is 7.13. The van der Waals surface area contributed by atoms with Crippen LogP contribution in [0.15, 0.2) is 24.5 Å². The first-order valence-electron chi connectivity index (χ1n) is 10.4. The van der Waals surface area contributed by atoms with Crippen molar-refractivity contribution in [3.8, 4) is 0 Å². The molecule has 4 fully saturated rings. The monoisotopic (exact) mass is 370 g/mol. The van der Waals surface area contributed by atoms with Gasteiger partial charge in [0.2, 0.25) is 5.91 Å². The van der Waals surface area contributed by atoms with Crippen LogP contribution in [0.4, 0.5) is 0 Å². The van der Waals surface area contributed by atoms with Crippen molar-refractivity contribution in [1.82, 2.24) is 26.5 Å². The van der Waals surface area contributed by atoms with Crippen LogP contribution in [-0.4, -0.2) is 35.6 Å². The van der Waals surface area contributed by atoms with Crippen molar-refractivity contribution >= 4 is 5.91 Å². The van der Waals surface area contributed by atoms with Crippen molar-refractivity contribution in [2.24, 2.45) is 29.4 Å². The molecule has 5 rings (SSSR count). The molecule has 3 heterocycles. The fourth-order valence-electron chi connectivity index (χ4n) is 6.16. The molecule has 8 unspecified atom stereocenters. The summed E-state index contributed by atoms with van der Waals surface area (Å²) in [5.74, 6) is 1.67. The maximum Gasteiger partial charge on any atom is 0.227 e. The Hall–Kier alpha value is -1.54. The SMILES string of the molecule is NC1C(C2CCCC3NNCC32)CCC2NC(c3ccncc3)NC(=O)C21. The van der Waals surface area contributed by atoms with Crippen molar-refractivity contribution in [2.75, 3.05) is 6.54 Å². The van der Waals surface area contributed by atoms with Crippen LogP contribution in [0.1, 0.15) is 43.8 Å². The lowest BCUT2D eigenvalue weighted by atomic mass is 9.61. The summed E-state index contributed by atoms with van der Waals surface area (Å²) in [6.07, 6.45) is 9.26. The molecule has 6 N–H and O–H groups in total. The minimum Gasteiger partial charge on any atom is -0.336 e. The van der Waals surface area contributed by atoms with Gasteiger partial charge in [0.15, 0.2) is 0 Å². The van der Waals surface area contributed by atoms with Crippen LogP contribution in [0, 0.1) is 23.7 Å². The molecule has 7 heteroatoms. The average Bonchev–Trinajstić information content (AvgIpc) is 3.18. The van der Waals surface area contributed by atoms with E-state index in [1.54, 1.807) is 12.4 Å². The van der Waals surface area contributed by atoms with E-state index in [9.17, 15) is 4.79 Å². The quantitative estimate of drug-likeness (QED) is 0.517. The summed E-state index contributed by atoms with van der Waals surface area (Å²) in [5.41, 5.74) is 14.6. The van der Waals surface area contributed by atoms with Crippen LogP contribution < -0.4 is 27.2 Å². The van der Waals surface area contributed by atoms with Crippen molar-refractivity contribution < 1.29 is 4.79 Å². The molecule has 0 radical (unpaired) electrons. The molecule has 27 heavy (non-hydrogen) atoms. The first kappa shape index (κ1) is 17.6. The number of carbonyl (C=O) groups is 1. The predicted molar refractivity (Wildman–Crippen MR) is 102 cm³/mol. The van der Waals surface area contributed by atoms with Gasteiger partial charge in [-0.2, -0.15) is 0 Å². The summed E-state index contributed by atoms with van der Waals surface area (Å²) in [4.78, 5) is 17.1. The minimum atomic E-state index is -0.146. The zero-order valence-electron chi connectivity index (χ0n) is 15.6. The Kier molecular flexibility index (Phi) is 4.63. The Bertz CT molecular complexity index is 684. The number of nitrogens with one attached hydrogen (secondary N) is 4. The molecule has 8 atom stereocenters. The number of pyridine rings is 1. The highest BCUT2D eigenvalue weighted by Crippen LogP contribution is 2.44. The van der Waals surface area contributed by atoms with E-state index in [1.165, 1.54) is 19.3 Å². The van der Waals surface area contributed by atoms with Gasteiger partial charge in [-0.05, 0) is 61.1 Å². The number of nitrogens with two attached hydrogens (primary N) is 1. The largest absolute Gasteiger partial charge is 0.336 e. The second-order valence-corrected chi connectivity index (χ2v) is 8.73. The summed E-state index contributed by atoms with van der Waals surface area (Å²) < 4.78 is 0. The summed E-state index contributed by atoms with van der Waals surface area (Å²) in [6.45, 7) is 1.03. The van der Waals surface area contributed by atoms with Crippen LogP contribution in [-0.2, 0) is 4.79 Å². The topological polar surface area (TPSA) is 104 Å². The highest BCUT2D eigenvalue weighted by molar-refractivity contribution is 5.81. The Morgan fingerprint density at radius 1 is 1.00 bits per heavy atom. The third kappa shape index (κ3) is 3.06. The number of hydrogen-bond donors (Lipinski definition) is 5. The molecule has 2 saturated heterocycles. The summed E-state index contributed by atoms with van der Waals surface area (Å²) in [7, 11) is 0. The van der Waals surface area contributed by atoms with E-state index < -0.39 is 0 Å². The van der Waals surface area contributed by atoms with Gasteiger partial charge in [0.1, 0.15) is 6.17 Å². The van der Waals surface area contributed by atoms with Gasteiger partial charge in [-0.15, -0.1) is 0 Å². The molecule has 1 amide bonds. The molecule has 0 spiro atoms. The normalized spacial score (nSPS) is 44.3. The van der Waals surface area contributed by atoms with E-state index in [0.717, 1.165) is 24.9 Å². The standard InChI is InChI=1S/C20H30N6O/c21-18-13(12-2-1-3-15-14(12)10-23-26-15)4-5-16-17(18)20(27)25-19(24-16)11-6-8-22-9-7-11/h6-9,12-19,23-24,26H,1-5,10,21H2,(H,25,27). The van der Waals surface area contributed by atoms with Gasteiger partial charge in [-0.25, -0.2) is 0 Å². The number of aromatic nitrogens is 1. The third-order valence-electron chi connectivity index (χ3n) is 7.46. The molecule has 1 aromatic rings.